The summed E-state index contributed by atoms with van der Waals surface area (Å²) in [6.45, 7) is 9.64. The Morgan fingerprint density at radius 1 is 1.20 bits per heavy atom. The predicted octanol–water partition coefficient (Wildman–Crippen LogP) is 2.30. The van der Waals surface area contributed by atoms with Gasteiger partial charge in [0.1, 0.15) is 0 Å². The summed E-state index contributed by atoms with van der Waals surface area (Å²) in [4.78, 5) is 25.6. The summed E-state index contributed by atoms with van der Waals surface area (Å²) in [5, 5.41) is 3.38. The van der Waals surface area contributed by atoms with Crippen molar-refractivity contribution in [3.8, 4) is 0 Å². The fourth-order valence-corrected chi connectivity index (χ4v) is 2.34. The Morgan fingerprint density at radius 3 is 2.55 bits per heavy atom. The van der Waals surface area contributed by atoms with E-state index < -0.39 is 5.91 Å². The molecule has 0 bridgehead atoms. The monoisotopic (exact) mass is 274 g/mol. The summed E-state index contributed by atoms with van der Waals surface area (Å²) in [6.07, 6.45) is 0.823. The SMILES string of the molecule is Cc1ccc2c(c1)C(=O)C(=O)N2CCCNC(C)(C)C. The Hall–Kier alpha value is -1.68. The van der Waals surface area contributed by atoms with Gasteiger partial charge in [-0.1, -0.05) is 11.6 Å². The first-order valence-electron chi connectivity index (χ1n) is 7.01. The van der Waals surface area contributed by atoms with Crippen LogP contribution in [0.4, 0.5) is 5.69 Å². The van der Waals surface area contributed by atoms with Crippen LogP contribution in [0.25, 0.3) is 0 Å². The van der Waals surface area contributed by atoms with E-state index in [2.05, 4.69) is 26.1 Å². The average Bonchev–Trinajstić information content (AvgIpc) is 2.58. The van der Waals surface area contributed by atoms with Crippen LogP contribution in [0.3, 0.4) is 0 Å². The summed E-state index contributed by atoms with van der Waals surface area (Å²) in [5.41, 5.74) is 2.36. The van der Waals surface area contributed by atoms with Crippen molar-refractivity contribution in [2.75, 3.05) is 18.0 Å². The fourth-order valence-electron chi connectivity index (χ4n) is 2.34. The molecule has 0 saturated carbocycles. The molecule has 0 atom stereocenters. The third-order valence-corrected chi connectivity index (χ3v) is 3.34. The van der Waals surface area contributed by atoms with E-state index in [1.54, 1.807) is 11.0 Å². The van der Waals surface area contributed by atoms with E-state index in [4.69, 9.17) is 0 Å². The number of aryl methyl sites for hydroxylation is 1. The van der Waals surface area contributed by atoms with Gasteiger partial charge in [0.05, 0.1) is 11.3 Å². The van der Waals surface area contributed by atoms with Crippen molar-refractivity contribution in [2.24, 2.45) is 0 Å². The lowest BCUT2D eigenvalue weighted by atomic mass is 10.1. The van der Waals surface area contributed by atoms with Crippen molar-refractivity contribution in [2.45, 2.75) is 39.7 Å². The molecule has 0 fully saturated rings. The number of hydrogen-bond donors (Lipinski definition) is 1. The number of rotatable bonds is 4. The van der Waals surface area contributed by atoms with Gasteiger partial charge in [-0.15, -0.1) is 0 Å². The van der Waals surface area contributed by atoms with E-state index in [1.165, 1.54) is 0 Å². The number of nitrogens with zero attached hydrogens (tertiary/aromatic N) is 1. The number of anilines is 1. The topological polar surface area (TPSA) is 49.4 Å². The third kappa shape index (κ3) is 3.07. The third-order valence-electron chi connectivity index (χ3n) is 3.34. The first kappa shape index (κ1) is 14.7. The molecule has 1 amide bonds. The van der Waals surface area contributed by atoms with Crippen LogP contribution in [0.2, 0.25) is 0 Å². The van der Waals surface area contributed by atoms with Gasteiger partial charge in [-0.2, -0.15) is 0 Å². The zero-order valence-corrected chi connectivity index (χ0v) is 12.6. The van der Waals surface area contributed by atoms with Gasteiger partial charge < -0.3 is 10.2 Å². The average molecular weight is 274 g/mol. The largest absolute Gasteiger partial charge is 0.312 e. The van der Waals surface area contributed by atoms with Crippen LogP contribution in [0.1, 0.15) is 43.1 Å². The number of fused-ring (bicyclic) bond motifs is 1. The van der Waals surface area contributed by atoms with Crippen LogP contribution < -0.4 is 10.2 Å². The molecule has 1 aromatic carbocycles. The molecule has 0 aromatic heterocycles. The first-order chi connectivity index (χ1) is 9.29. The molecule has 1 heterocycles. The molecule has 20 heavy (non-hydrogen) atoms. The van der Waals surface area contributed by atoms with Crippen LogP contribution >= 0.6 is 0 Å². The summed E-state index contributed by atoms with van der Waals surface area (Å²) in [7, 11) is 0. The van der Waals surface area contributed by atoms with E-state index in [-0.39, 0.29) is 11.3 Å². The van der Waals surface area contributed by atoms with Gasteiger partial charge in [-0.05, 0) is 52.8 Å². The fraction of sp³-hybridized carbons (Fsp3) is 0.500. The molecule has 2 rings (SSSR count). The van der Waals surface area contributed by atoms with Crippen LogP contribution in [-0.2, 0) is 4.79 Å². The molecule has 1 N–H and O–H groups in total. The van der Waals surface area contributed by atoms with Gasteiger partial charge in [-0.25, -0.2) is 0 Å². The maximum Gasteiger partial charge on any atom is 0.299 e. The molecular weight excluding hydrogens is 252 g/mol. The normalized spacial score (nSPS) is 14.9. The quantitative estimate of drug-likeness (QED) is 0.677. The molecular formula is C16H22N2O2. The van der Waals surface area contributed by atoms with E-state index in [1.807, 2.05) is 19.1 Å². The number of hydrogen-bond acceptors (Lipinski definition) is 3. The van der Waals surface area contributed by atoms with E-state index in [9.17, 15) is 9.59 Å². The molecule has 1 aromatic rings. The van der Waals surface area contributed by atoms with Crippen molar-refractivity contribution < 1.29 is 9.59 Å². The minimum Gasteiger partial charge on any atom is -0.312 e. The summed E-state index contributed by atoms with van der Waals surface area (Å²) in [6, 6.07) is 5.60. The number of carbonyl (C=O) groups is 2. The van der Waals surface area contributed by atoms with E-state index in [0.29, 0.717) is 12.1 Å². The Balaban J connectivity index is 2.03. The van der Waals surface area contributed by atoms with Crippen molar-refractivity contribution in [3.05, 3.63) is 29.3 Å². The second-order valence-corrected chi connectivity index (χ2v) is 6.34. The number of carbonyl (C=O) groups excluding carboxylic acids is 2. The van der Waals surface area contributed by atoms with Gasteiger partial charge >= 0.3 is 0 Å². The number of Topliss-reactive ketones (excluding diaryl/α,β-unsaturated/α-hetero) is 1. The van der Waals surface area contributed by atoms with Crippen LogP contribution in [-0.4, -0.2) is 30.3 Å². The zero-order chi connectivity index (χ0) is 14.9. The first-order valence-corrected chi connectivity index (χ1v) is 7.01. The molecule has 1 aliphatic rings. The summed E-state index contributed by atoms with van der Waals surface area (Å²) in [5.74, 6) is -0.783. The van der Waals surface area contributed by atoms with Crippen LogP contribution in [0.5, 0.6) is 0 Å². The lowest BCUT2D eigenvalue weighted by molar-refractivity contribution is -0.114. The van der Waals surface area contributed by atoms with E-state index in [0.717, 1.165) is 24.2 Å². The molecule has 0 saturated heterocycles. The molecule has 4 heteroatoms. The molecule has 0 unspecified atom stereocenters. The van der Waals surface area contributed by atoms with Crippen LogP contribution in [0.15, 0.2) is 18.2 Å². The maximum atomic E-state index is 12.0. The van der Waals surface area contributed by atoms with Crippen LogP contribution in [0, 0.1) is 6.92 Å². The number of amides is 1. The van der Waals surface area contributed by atoms with Gasteiger partial charge in [0.15, 0.2) is 0 Å². The highest BCUT2D eigenvalue weighted by Crippen LogP contribution is 2.29. The molecule has 108 valence electrons. The molecule has 0 aliphatic carbocycles. The minimum atomic E-state index is -0.402. The zero-order valence-electron chi connectivity index (χ0n) is 12.6. The standard InChI is InChI=1S/C16H22N2O2/c1-11-6-7-13-12(10-11)14(19)15(20)18(13)9-5-8-17-16(2,3)4/h6-7,10,17H,5,8-9H2,1-4H3. The lowest BCUT2D eigenvalue weighted by Gasteiger charge is -2.22. The number of ketones is 1. The molecule has 0 spiro atoms. The Morgan fingerprint density at radius 2 is 1.90 bits per heavy atom. The maximum absolute atomic E-state index is 12.0. The second-order valence-electron chi connectivity index (χ2n) is 6.34. The van der Waals surface area contributed by atoms with Crippen molar-refractivity contribution in [3.63, 3.8) is 0 Å². The Labute approximate surface area is 120 Å². The highest BCUT2D eigenvalue weighted by molar-refractivity contribution is 6.52. The highest BCUT2D eigenvalue weighted by Gasteiger charge is 2.35. The number of nitrogens with one attached hydrogen (secondary N) is 1. The van der Waals surface area contributed by atoms with Gasteiger partial charge in [0.2, 0.25) is 0 Å². The summed E-state index contributed by atoms with van der Waals surface area (Å²) < 4.78 is 0. The van der Waals surface area contributed by atoms with Gasteiger partial charge in [-0.3, -0.25) is 9.59 Å². The molecule has 1 aliphatic heterocycles. The van der Waals surface area contributed by atoms with Crippen molar-refractivity contribution in [1.82, 2.24) is 5.32 Å². The second kappa shape index (κ2) is 5.37. The molecule has 0 radical (unpaired) electrons. The predicted molar refractivity (Wildman–Crippen MR) is 80.2 cm³/mol. The van der Waals surface area contributed by atoms with Crippen molar-refractivity contribution in [1.29, 1.82) is 0 Å². The highest BCUT2D eigenvalue weighted by atomic mass is 16.2. The van der Waals surface area contributed by atoms with Crippen molar-refractivity contribution >= 4 is 17.4 Å². The van der Waals surface area contributed by atoms with E-state index >= 15 is 0 Å². The minimum absolute atomic E-state index is 0.0693. The summed E-state index contributed by atoms with van der Waals surface area (Å²) >= 11 is 0. The number of benzene rings is 1. The van der Waals surface area contributed by atoms with Gasteiger partial charge in [0.25, 0.3) is 11.7 Å². The lowest BCUT2D eigenvalue weighted by Crippen LogP contribution is -2.38. The Kier molecular flexibility index (Phi) is 3.95. The van der Waals surface area contributed by atoms with Gasteiger partial charge in [0, 0.05) is 12.1 Å². The molecule has 4 nitrogen and oxygen atoms in total. The Bertz CT molecular complexity index is 544. The smallest absolute Gasteiger partial charge is 0.299 e.